The second-order valence-electron chi connectivity index (χ2n) is 6.80. The van der Waals surface area contributed by atoms with E-state index in [1.54, 1.807) is 0 Å². The smallest absolute Gasteiger partial charge is 0.165 e. The first-order valence-electron chi connectivity index (χ1n) is 8.19. The van der Waals surface area contributed by atoms with Gasteiger partial charge in [0, 0.05) is 6.04 Å². The Balaban J connectivity index is 1.46. The average molecular weight is 325 g/mol. The Kier molecular flexibility index (Phi) is 2.95. The molecule has 2 fully saturated rings. The Morgan fingerprint density at radius 2 is 1.83 bits per heavy atom. The minimum Gasteiger partial charge on any atom is -0.312 e. The van der Waals surface area contributed by atoms with Crippen LogP contribution in [0.15, 0.2) is 43.0 Å². The molecule has 4 unspecified atom stereocenters. The van der Waals surface area contributed by atoms with Crippen LogP contribution in [-0.2, 0) is 0 Å². The number of benzene rings is 1. The number of rotatable bonds is 2. The van der Waals surface area contributed by atoms with Crippen molar-refractivity contribution in [3.05, 3.63) is 53.7 Å². The van der Waals surface area contributed by atoms with Crippen molar-refractivity contribution < 1.29 is 0 Å². The van der Waals surface area contributed by atoms with Gasteiger partial charge in [-0.1, -0.05) is 41.9 Å². The Bertz CT molecular complexity index is 860. The number of nitrogens with zero attached hydrogens (tertiary/aromatic N) is 4. The molecule has 2 aliphatic carbocycles. The normalized spacial score (nSPS) is 29.4. The van der Waals surface area contributed by atoms with Gasteiger partial charge in [-0.3, -0.25) is 0 Å². The summed E-state index contributed by atoms with van der Waals surface area (Å²) in [5.41, 5.74) is 3.09. The molecule has 2 bridgehead atoms. The quantitative estimate of drug-likeness (QED) is 0.662. The van der Waals surface area contributed by atoms with Crippen LogP contribution < -0.4 is 0 Å². The van der Waals surface area contributed by atoms with E-state index in [2.05, 4.69) is 49.9 Å². The molecule has 0 amide bonds. The van der Waals surface area contributed by atoms with Gasteiger partial charge in [0.2, 0.25) is 0 Å². The number of imidazole rings is 1. The van der Waals surface area contributed by atoms with Crippen LogP contribution in [0.5, 0.6) is 0 Å². The van der Waals surface area contributed by atoms with Crippen LogP contribution >= 0.6 is 11.6 Å². The van der Waals surface area contributed by atoms with Gasteiger partial charge in [0.15, 0.2) is 10.8 Å². The predicted molar refractivity (Wildman–Crippen MR) is 89.4 cm³/mol. The van der Waals surface area contributed by atoms with Gasteiger partial charge in [-0.15, -0.1) is 0 Å². The van der Waals surface area contributed by atoms with Gasteiger partial charge in [-0.25, -0.2) is 15.0 Å². The van der Waals surface area contributed by atoms with E-state index in [-0.39, 0.29) is 0 Å². The fraction of sp³-hybridized carbons (Fsp3) is 0.389. The van der Waals surface area contributed by atoms with Gasteiger partial charge >= 0.3 is 0 Å². The molecule has 0 saturated heterocycles. The van der Waals surface area contributed by atoms with E-state index in [4.69, 9.17) is 11.6 Å². The third kappa shape index (κ3) is 2.01. The molecule has 4 atom stereocenters. The van der Waals surface area contributed by atoms with E-state index in [9.17, 15) is 0 Å². The molecule has 5 rings (SSSR count). The SMILES string of the molecule is Clc1ncnc2c1ncn2C1CC2CC1CC2c1ccccc1. The molecule has 0 spiro atoms. The maximum absolute atomic E-state index is 6.13. The van der Waals surface area contributed by atoms with E-state index >= 15 is 0 Å². The molecule has 116 valence electrons. The molecule has 5 heteroatoms. The van der Waals surface area contributed by atoms with E-state index in [1.807, 2.05) is 6.33 Å². The molecule has 1 aromatic carbocycles. The van der Waals surface area contributed by atoms with Gasteiger partial charge in [0.05, 0.1) is 6.33 Å². The van der Waals surface area contributed by atoms with Crippen LogP contribution in [0.4, 0.5) is 0 Å². The number of hydrogen-bond donors (Lipinski definition) is 0. The lowest BCUT2D eigenvalue weighted by Crippen LogP contribution is -2.20. The summed E-state index contributed by atoms with van der Waals surface area (Å²) < 4.78 is 2.23. The highest BCUT2D eigenvalue weighted by molar-refractivity contribution is 6.33. The predicted octanol–water partition coefficient (Wildman–Crippen LogP) is 4.23. The maximum Gasteiger partial charge on any atom is 0.165 e. The summed E-state index contributed by atoms with van der Waals surface area (Å²) in [6, 6.07) is 11.5. The highest BCUT2D eigenvalue weighted by atomic mass is 35.5. The summed E-state index contributed by atoms with van der Waals surface area (Å²) in [5, 5.41) is 0.444. The van der Waals surface area contributed by atoms with Crippen molar-refractivity contribution in [2.24, 2.45) is 11.8 Å². The van der Waals surface area contributed by atoms with E-state index in [0.717, 1.165) is 17.1 Å². The third-order valence-electron chi connectivity index (χ3n) is 5.72. The zero-order valence-electron chi connectivity index (χ0n) is 12.6. The van der Waals surface area contributed by atoms with Gasteiger partial charge in [0.1, 0.15) is 11.8 Å². The Hall–Kier alpha value is -1.94. The molecule has 0 aliphatic heterocycles. The molecule has 2 saturated carbocycles. The Morgan fingerprint density at radius 1 is 0.957 bits per heavy atom. The number of fused-ring (bicyclic) bond motifs is 3. The third-order valence-corrected chi connectivity index (χ3v) is 6.00. The first-order valence-corrected chi connectivity index (χ1v) is 8.57. The monoisotopic (exact) mass is 324 g/mol. The molecule has 4 nitrogen and oxygen atoms in total. The second-order valence-corrected chi connectivity index (χ2v) is 7.16. The summed E-state index contributed by atoms with van der Waals surface area (Å²) in [6.07, 6.45) is 7.20. The molecule has 2 heterocycles. The summed E-state index contributed by atoms with van der Waals surface area (Å²) in [7, 11) is 0. The van der Waals surface area contributed by atoms with E-state index < -0.39 is 0 Å². The largest absolute Gasteiger partial charge is 0.312 e. The first-order chi connectivity index (χ1) is 11.3. The molecular formula is C18H17ClN4. The minimum absolute atomic E-state index is 0.444. The van der Waals surface area contributed by atoms with Crippen LogP contribution in [0.3, 0.4) is 0 Å². The highest BCUT2D eigenvalue weighted by Gasteiger charge is 2.47. The molecule has 2 aromatic heterocycles. The fourth-order valence-electron chi connectivity index (χ4n) is 4.76. The molecule has 2 aliphatic rings. The lowest BCUT2D eigenvalue weighted by molar-refractivity contribution is 0.308. The van der Waals surface area contributed by atoms with Gasteiger partial charge in [0.25, 0.3) is 0 Å². The van der Waals surface area contributed by atoms with Crippen LogP contribution in [0.1, 0.15) is 36.8 Å². The van der Waals surface area contributed by atoms with Crippen molar-refractivity contribution in [2.75, 3.05) is 0 Å². The van der Waals surface area contributed by atoms with Crippen molar-refractivity contribution in [2.45, 2.75) is 31.2 Å². The topological polar surface area (TPSA) is 43.6 Å². The van der Waals surface area contributed by atoms with Crippen LogP contribution in [0.25, 0.3) is 11.2 Å². The zero-order chi connectivity index (χ0) is 15.4. The van der Waals surface area contributed by atoms with Crippen molar-refractivity contribution in [3.8, 4) is 0 Å². The minimum atomic E-state index is 0.444. The molecule has 23 heavy (non-hydrogen) atoms. The lowest BCUT2D eigenvalue weighted by Gasteiger charge is -2.29. The summed E-state index contributed by atoms with van der Waals surface area (Å²) in [6.45, 7) is 0. The first kappa shape index (κ1) is 13.5. The van der Waals surface area contributed by atoms with Gasteiger partial charge in [-0.05, 0) is 42.6 Å². The molecule has 3 aromatic rings. The van der Waals surface area contributed by atoms with Crippen LogP contribution in [0.2, 0.25) is 5.15 Å². The lowest BCUT2D eigenvalue weighted by atomic mass is 9.81. The summed E-state index contributed by atoms with van der Waals surface area (Å²) in [5.74, 6) is 2.18. The summed E-state index contributed by atoms with van der Waals surface area (Å²) >= 11 is 6.13. The van der Waals surface area contributed by atoms with Gasteiger partial charge < -0.3 is 4.57 Å². The van der Waals surface area contributed by atoms with Crippen molar-refractivity contribution >= 4 is 22.8 Å². The number of halogens is 1. The van der Waals surface area contributed by atoms with Crippen molar-refractivity contribution in [3.63, 3.8) is 0 Å². The molecule has 0 radical (unpaired) electrons. The van der Waals surface area contributed by atoms with Crippen LogP contribution in [0, 0.1) is 11.8 Å². The Labute approximate surface area is 139 Å². The average Bonchev–Trinajstić information content (AvgIpc) is 3.29. The second kappa shape index (κ2) is 5.03. The van der Waals surface area contributed by atoms with Crippen molar-refractivity contribution in [1.29, 1.82) is 0 Å². The number of hydrogen-bond acceptors (Lipinski definition) is 3. The van der Waals surface area contributed by atoms with E-state index in [1.165, 1.54) is 31.2 Å². The molecular weight excluding hydrogens is 308 g/mol. The standard InChI is InChI=1S/C18H17ClN4/c19-17-16-18(21-9-20-17)23(10-22-16)15-8-12-6-13(15)7-14(12)11-4-2-1-3-5-11/h1-5,9-10,12-15H,6-8H2. The van der Waals surface area contributed by atoms with Gasteiger partial charge in [-0.2, -0.15) is 0 Å². The van der Waals surface area contributed by atoms with Crippen molar-refractivity contribution in [1.82, 2.24) is 19.5 Å². The van der Waals surface area contributed by atoms with Crippen LogP contribution in [-0.4, -0.2) is 19.5 Å². The Morgan fingerprint density at radius 3 is 2.61 bits per heavy atom. The maximum atomic E-state index is 6.13. The fourth-order valence-corrected chi connectivity index (χ4v) is 4.94. The highest BCUT2D eigenvalue weighted by Crippen LogP contribution is 2.57. The summed E-state index contributed by atoms with van der Waals surface area (Å²) in [4.78, 5) is 12.9. The molecule has 0 N–H and O–H groups in total. The zero-order valence-corrected chi connectivity index (χ0v) is 13.4. The van der Waals surface area contributed by atoms with E-state index in [0.29, 0.717) is 23.0 Å². The number of aromatic nitrogens is 4.